The molecule has 5 heteroatoms. The number of hydrogen-bond donors (Lipinski definition) is 1. The first kappa shape index (κ1) is 11.3. The van der Waals surface area contributed by atoms with Gasteiger partial charge in [0.15, 0.2) is 5.01 Å². The summed E-state index contributed by atoms with van der Waals surface area (Å²) in [5.74, 6) is -0.483. The highest BCUT2D eigenvalue weighted by Crippen LogP contribution is 2.27. The molecule has 0 aliphatic heterocycles. The Morgan fingerprint density at radius 1 is 1.50 bits per heavy atom. The maximum absolute atomic E-state index is 11.0. The zero-order chi connectivity index (χ0) is 11.7. The van der Waals surface area contributed by atoms with E-state index in [0.29, 0.717) is 5.01 Å². The molecule has 0 saturated heterocycles. The van der Waals surface area contributed by atoms with Gasteiger partial charge in [-0.05, 0) is 24.6 Å². The van der Waals surface area contributed by atoms with Crippen LogP contribution < -0.4 is 5.73 Å². The van der Waals surface area contributed by atoms with Crippen molar-refractivity contribution in [2.24, 2.45) is 5.73 Å². The Balaban J connectivity index is 2.50. The zero-order valence-electron chi connectivity index (χ0n) is 8.53. The summed E-state index contributed by atoms with van der Waals surface area (Å²) in [6.07, 6.45) is 0. The molecule has 0 radical (unpaired) electrons. The molecule has 1 heterocycles. The van der Waals surface area contributed by atoms with Crippen LogP contribution in [0.1, 0.15) is 15.4 Å². The number of aryl methyl sites for hydroxylation is 1. The van der Waals surface area contributed by atoms with Crippen LogP contribution in [0.15, 0.2) is 28.1 Å². The van der Waals surface area contributed by atoms with Crippen LogP contribution in [0.25, 0.3) is 11.3 Å². The van der Waals surface area contributed by atoms with Gasteiger partial charge in [0.05, 0.1) is 5.69 Å². The first-order valence-corrected chi connectivity index (χ1v) is 6.27. The monoisotopic (exact) mass is 296 g/mol. The minimum absolute atomic E-state index is 0.342. The molecule has 0 unspecified atom stereocenters. The van der Waals surface area contributed by atoms with Crippen molar-refractivity contribution in [1.82, 2.24) is 4.98 Å². The van der Waals surface area contributed by atoms with Crippen LogP contribution in [-0.2, 0) is 0 Å². The Morgan fingerprint density at radius 2 is 2.25 bits per heavy atom. The van der Waals surface area contributed by atoms with Crippen molar-refractivity contribution in [3.8, 4) is 11.3 Å². The fourth-order valence-electron chi connectivity index (χ4n) is 1.38. The van der Waals surface area contributed by atoms with E-state index in [1.54, 1.807) is 0 Å². The lowest BCUT2D eigenvalue weighted by molar-refractivity contribution is 0.1000. The maximum atomic E-state index is 11.0. The molecular weight excluding hydrogens is 288 g/mol. The number of thiazole rings is 1. The van der Waals surface area contributed by atoms with Crippen molar-refractivity contribution in [2.75, 3.05) is 0 Å². The van der Waals surface area contributed by atoms with Gasteiger partial charge in [-0.1, -0.05) is 22.0 Å². The van der Waals surface area contributed by atoms with E-state index in [2.05, 4.69) is 20.9 Å². The fourth-order valence-corrected chi connectivity index (χ4v) is 2.41. The van der Waals surface area contributed by atoms with Crippen molar-refractivity contribution in [3.05, 3.63) is 38.6 Å². The third-order valence-electron chi connectivity index (χ3n) is 2.19. The Kier molecular flexibility index (Phi) is 3.07. The molecular formula is C11H9BrN2OS. The summed E-state index contributed by atoms with van der Waals surface area (Å²) < 4.78 is 0.988. The summed E-state index contributed by atoms with van der Waals surface area (Å²) in [6, 6.07) is 5.96. The molecule has 3 nitrogen and oxygen atoms in total. The number of primary amides is 1. The number of nitrogens with two attached hydrogens (primary N) is 1. The number of halogens is 1. The smallest absolute Gasteiger partial charge is 0.277 e. The molecule has 2 N–H and O–H groups in total. The number of carbonyl (C=O) groups is 1. The van der Waals surface area contributed by atoms with Gasteiger partial charge in [-0.3, -0.25) is 4.79 Å². The minimum atomic E-state index is -0.483. The van der Waals surface area contributed by atoms with Gasteiger partial charge in [-0.15, -0.1) is 11.3 Å². The average Bonchev–Trinajstić information content (AvgIpc) is 2.70. The molecule has 1 aromatic heterocycles. The SMILES string of the molecule is Cc1ccc(Br)cc1-c1csc(C(N)=O)n1. The van der Waals surface area contributed by atoms with Crippen LogP contribution in [0.5, 0.6) is 0 Å². The largest absolute Gasteiger partial charge is 0.364 e. The molecule has 1 aromatic carbocycles. The van der Waals surface area contributed by atoms with E-state index in [-0.39, 0.29) is 0 Å². The Labute approximate surface area is 105 Å². The van der Waals surface area contributed by atoms with Crippen LogP contribution in [0.4, 0.5) is 0 Å². The Hall–Kier alpha value is -1.20. The van der Waals surface area contributed by atoms with Gasteiger partial charge in [0.1, 0.15) is 0 Å². The lowest BCUT2D eigenvalue weighted by Crippen LogP contribution is -2.10. The maximum Gasteiger partial charge on any atom is 0.277 e. The van der Waals surface area contributed by atoms with Gasteiger partial charge in [-0.25, -0.2) is 4.98 Å². The molecule has 2 rings (SSSR count). The average molecular weight is 297 g/mol. The van der Waals surface area contributed by atoms with Crippen LogP contribution in [0.3, 0.4) is 0 Å². The van der Waals surface area contributed by atoms with Crippen molar-refractivity contribution in [2.45, 2.75) is 6.92 Å². The highest BCUT2D eigenvalue weighted by atomic mass is 79.9. The first-order chi connectivity index (χ1) is 7.58. The number of rotatable bonds is 2. The van der Waals surface area contributed by atoms with Gasteiger partial charge >= 0.3 is 0 Å². The Bertz CT molecular complexity index is 551. The topological polar surface area (TPSA) is 56.0 Å². The molecule has 2 aromatic rings. The third kappa shape index (κ3) is 2.15. The van der Waals surface area contributed by atoms with Crippen LogP contribution in [0.2, 0.25) is 0 Å². The highest BCUT2D eigenvalue weighted by molar-refractivity contribution is 9.10. The van der Waals surface area contributed by atoms with Crippen molar-refractivity contribution >= 4 is 33.2 Å². The van der Waals surface area contributed by atoms with Gasteiger partial charge < -0.3 is 5.73 Å². The van der Waals surface area contributed by atoms with Gasteiger partial charge in [-0.2, -0.15) is 0 Å². The number of benzene rings is 1. The molecule has 16 heavy (non-hydrogen) atoms. The number of amides is 1. The summed E-state index contributed by atoms with van der Waals surface area (Å²) in [7, 11) is 0. The second-order valence-corrected chi connectivity index (χ2v) is 5.14. The summed E-state index contributed by atoms with van der Waals surface area (Å²) in [6.45, 7) is 2.01. The van der Waals surface area contributed by atoms with Crippen molar-refractivity contribution in [3.63, 3.8) is 0 Å². The van der Waals surface area contributed by atoms with Crippen LogP contribution >= 0.6 is 27.3 Å². The Morgan fingerprint density at radius 3 is 2.88 bits per heavy atom. The lowest BCUT2D eigenvalue weighted by Gasteiger charge is -2.02. The number of nitrogens with zero attached hydrogens (tertiary/aromatic N) is 1. The van der Waals surface area contributed by atoms with Gasteiger partial charge in [0, 0.05) is 15.4 Å². The molecule has 1 amide bonds. The number of carbonyl (C=O) groups excluding carboxylic acids is 1. The van der Waals surface area contributed by atoms with E-state index in [4.69, 9.17) is 5.73 Å². The molecule has 0 aliphatic rings. The van der Waals surface area contributed by atoms with Crippen molar-refractivity contribution in [1.29, 1.82) is 0 Å². The first-order valence-electron chi connectivity index (χ1n) is 4.60. The molecule has 0 saturated carbocycles. The predicted octanol–water partition coefficient (Wildman–Crippen LogP) is 2.98. The standard InChI is InChI=1S/C11H9BrN2OS/c1-6-2-3-7(12)4-8(6)9-5-16-11(14-9)10(13)15/h2-5H,1H3,(H2,13,15). The predicted molar refractivity (Wildman–Crippen MR) is 68.5 cm³/mol. The quantitative estimate of drug-likeness (QED) is 0.926. The second-order valence-electron chi connectivity index (χ2n) is 3.36. The van der Waals surface area contributed by atoms with E-state index in [0.717, 1.165) is 21.3 Å². The summed E-state index contributed by atoms with van der Waals surface area (Å²) in [5.41, 5.74) is 8.09. The van der Waals surface area contributed by atoms with E-state index >= 15 is 0 Å². The normalized spacial score (nSPS) is 10.4. The molecule has 0 fully saturated rings. The fraction of sp³-hybridized carbons (Fsp3) is 0.0909. The number of hydrogen-bond acceptors (Lipinski definition) is 3. The summed E-state index contributed by atoms with van der Waals surface area (Å²) in [5, 5.41) is 2.18. The van der Waals surface area contributed by atoms with Crippen molar-refractivity contribution < 1.29 is 4.79 Å². The minimum Gasteiger partial charge on any atom is -0.364 e. The van der Waals surface area contributed by atoms with E-state index < -0.39 is 5.91 Å². The highest BCUT2D eigenvalue weighted by Gasteiger charge is 2.10. The van der Waals surface area contributed by atoms with Crippen LogP contribution in [-0.4, -0.2) is 10.9 Å². The molecule has 0 aliphatic carbocycles. The van der Waals surface area contributed by atoms with E-state index in [1.165, 1.54) is 11.3 Å². The molecule has 82 valence electrons. The molecule has 0 atom stereocenters. The van der Waals surface area contributed by atoms with Crippen LogP contribution in [0, 0.1) is 6.92 Å². The lowest BCUT2D eigenvalue weighted by atomic mass is 10.1. The number of aromatic nitrogens is 1. The van der Waals surface area contributed by atoms with Gasteiger partial charge in [0.2, 0.25) is 0 Å². The van der Waals surface area contributed by atoms with E-state index in [1.807, 2.05) is 30.5 Å². The molecule has 0 bridgehead atoms. The summed E-state index contributed by atoms with van der Waals surface area (Å²) >= 11 is 4.68. The van der Waals surface area contributed by atoms with E-state index in [9.17, 15) is 4.79 Å². The zero-order valence-corrected chi connectivity index (χ0v) is 10.9. The summed E-state index contributed by atoms with van der Waals surface area (Å²) in [4.78, 5) is 15.2. The second kappa shape index (κ2) is 4.35. The van der Waals surface area contributed by atoms with Gasteiger partial charge in [0.25, 0.3) is 5.91 Å². The molecule has 0 spiro atoms. The third-order valence-corrected chi connectivity index (χ3v) is 3.54.